The molecule has 306 valence electrons. The summed E-state index contributed by atoms with van der Waals surface area (Å²) < 4.78 is 0. The van der Waals surface area contributed by atoms with Crippen LogP contribution in [0.2, 0.25) is 0 Å². The number of rotatable bonds is 12. The zero-order valence-corrected chi connectivity index (χ0v) is 35.9. The van der Waals surface area contributed by atoms with Crippen molar-refractivity contribution >= 4 is 51.2 Å². The number of nitrogens with zero attached hydrogens (tertiary/aromatic N) is 4. The summed E-state index contributed by atoms with van der Waals surface area (Å²) in [5, 5.41) is 0. The number of benzene rings is 6. The highest BCUT2D eigenvalue weighted by Crippen LogP contribution is 2.42. The highest BCUT2D eigenvalue weighted by atomic mass is 15.2. The second-order valence-electron chi connectivity index (χ2n) is 17.2. The van der Waals surface area contributed by atoms with Gasteiger partial charge in [0.05, 0.1) is 6.04 Å². The molecule has 61 heavy (non-hydrogen) atoms. The van der Waals surface area contributed by atoms with Gasteiger partial charge in [-0.2, -0.15) is 0 Å². The Labute approximate surface area is 364 Å². The Kier molecular flexibility index (Phi) is 12.0. The molecule has 0 aromatic heterocycles. The molecule has 1 saturated carbocycles. The third-order valence-electron chi connectivity index (χ3n) is 12.6. The van der Waals surface area contributed by atoms with Gasteiger partial charge in [-0.25, -0.2) is 0 Å². The van der Waals surface area contributed by atoms with Crippen LogP contribution in [0.15, 0.2) is 205 Å². The van der Waals surface area contributed by atoms with Crippen molar-refractivity contribution in [2.45, 2.75) is 77.8 Å². The van der Waals surface area contributed by atoms with Gasteiger partial charge in [-0.15, -0.1) is 0 Å². The maximum Gasteiger partial charge on any atom is 0.0562 e. The molecule has 3 aliphatic carbocycles. The number of hydrogen-bond acceptors (Lipinski definition) is 4. The van der Waals surface area contributed by atoms with E-state index < -0.39 is 0 Å². The summed E-state index contributed by atoms with van der Waals surface area (Å²) in [6.45, 7) is 6.82. The molecule has 0 amide bonds. The minimum Gasteiger partial charge on any atom is -0.338 e. The maximum atomic E-state index is 2.59. The molecule has 6 aromatic rings. The molecule has 0 aliphatic heterocycles. The SMILES string of the molecule is CC1=CC=CC(N(c2ccccc2)c2ccc(N(c3ccc(N(C4=CCCC=C4)c4cccc(C)c4)cc3)c3ccc(N(c4ccccc4)C4CCCC(C)C4)cc3)cc2)C1. The number of allylic oxidation sites excluding steroid dienone is 5. The van der Waals surface area contributed by atoms with Crippen LogP contribution in [-0.2, 0) is 0 Å². The molecule has 3 atom stereocenters. The van der Waals surface area contributed by atoms with Gasteiger partial charge in [-0.05, 0) is 173 Å². The van der Waals surface area contributed by atoms with E-state index in [4.69, 9.17) is 0 Å². The second kappa shape index (κ2) is 18.4. The van der Waals surface area contributed by atoms with Crippen molar-refractivity contribution in [3.63, 3.8) is 0 Å². The van der Waals surface area contributed by atoms with Crippen molar-refractivity contribution in [3.05, 3.63) is 211 Å². The summed E-state index contributed by atoms with van der Waals surface area (Å²) in [6.07, 6.45) is 21.8. The zero-order valence-electron chi connectivity index (χ0n) is 35.9. The van der Waals surface area contributed by atoms with E-state index in [0.717, 1.165) is 47.9 Å². The molecule has 9 rings (SSSR count). The smallest absolute Gasteiger partial charge is 0.0562 e. The molecule has 0 saturated heterocycles. The molecule has 0 N–H and O–H groups in total. The van der Waals surface area contributed by atoms with Gasteiger partial charge in [0.25, 0.3) is 0 Å². The fraction of sp³-hybridized carbons (Fsp3) is 0.228. The molecule has 3 aliphatic rings. The summed E-state index contributed by atoms with van der Waals surface area (Å²) in [5.74, 6) is 0.727. The third kappa shape index (κ3) is 9.00. The Morgan fingerprint density at radius 2 is 1.05 bits per heavy atom. The molecule has 4 heteroatoms. The van der Waals surface area contributed by atoms with Crippen LogP contribution in [0.25, 0.3) is 0 Å². The van der Waals surface area contributed by atoms with E-state index in [2.05, 4.69) is 235 Å². The highest BCUT2D eigenvalue weighted by molar-refractivity contribution is 5.82. The van der Waals surface area contributed by atoms with E-state index in [1.54, 1.807) is 0 Å². The monoisotopic (exact) mass is 798 g/mol. The summed E-state index contributed by atoms with van der Waals surface area (Å²) >= 11 is 0. The van der Waals surface area contributed by atoms with Crippen molar-refractivity contribution in [3.8, 4) is 0 Å². The molecule has 0 bridgehead atoms. The van der Waals surface area contributed by atoms with Gasteiger partial charge in [0.1, 0.15) is 0 Å². The van der Waals surface area contributed by atoms with Crippen LogP contribution in [0, 0.1) is 12.8 Å². The summed E-state index contributed by atoms with van der Waals surface area (Å²) in [5.41, 5.74) is 14.4. The number of hydrogen-bond donors (Lipinski definition) is 0. The minimum atomic E-state index is 0.236. The Hall–Kier alpha value is -6.52. The van der Waals surface area contributed by atoms with E-state index in [0.29, 0.717) is 6.04 Å². The first-order valence-electron chi connectivity index (χ1n) is 22.3. The van der Waals surface area contributed by atoms with E-state index >= 15 is 0 Å². The van der Waals surface area contributed by atoms with Crippen LogP contribution in [0.3, 0.4) is 0 Å². The molecule has 0 heterocycles. The lowest BCUT2D eigenvalue weighted by Gasteiger charge is -2.38. The van der Waals surface area contributed by atoms with Gasteiger partial charge in [0.15, 0.2) is 0 Å². The average molecular weight is 799 g/mol. The third-order valence-corrected chi connectivity index (χ3v) is 12.6. The van der Waals surface area contributed by atoms with Gasteiger partial charge in [0, 0.05) is 62.9 Å². The van der Waals surface area contributed by atoms with E-state index in [1.165, 1.54) is 71.0 Å². The molecule has 0 spiro atoms. The second-order valence-corrected chi connectivity index (χ2v) is 17.2. The predicted molar refractivity (Wildman–Crippen MR) is 261 cm³/mol. The van der Waals surface area contributed by atoms with Crippen molar-refractivity contribution in [1.82, 2.24) is 0 Å². The van der Waals surface area contributed by atoms with Gasteiger partial charge >= 0.3 is 0 Å². The quantitative estimate of drug-likeness (QED) is 0.122. The molecular formula is C57H58N4. The average Bonchev–Trinajstić information content (AvgIpc) is 3.30. The Bertz CT molecular complexity index is 2500. The van der Waals surface area contributed by atoms with Gasteiger partial charge in [-0.3, -0.25) is 0 Å². The van der Waals surface area contributed by atoms with Crippen molar-refractivity contribution in [2.24, 2.45) is 5.92 Å². The summed E-state index contributed by atoms with van der Waals surface area (Å²) in [6, 6.07) is 58.9. The van der Waals surface area contributed by atoms with Crippen molar-refractivity contribution < 1.29 is 0 Å². The maximum absolute atomic E-state index is 2.59. The highest BCUT2D eigenvalue weighted by Gasteiger charge is 2.27. The fourth-order valence-electron chi connectivity index (χ4n) is 9.61. The first kappa shape index (κ1) is 39.9. The molecule has 1 fully saturated rings. The van der Waals surface area contributed by atoms with E-state index in [-0.39, 0.29) is 6.04 Å². The van der Waals surface area contributed by atoms with Gasteiger partial charge in [-0.1, -0.05) is 104 Å². The number of aryl methyl sites for hydroxylation is 1. The van der Waals surface area contributed by atoms with Crippen LogP contribution in [-0.4, -0.2) is 12.1 Å². The first-order chi connectivity index (χ1) is 30.0. The lowest BCUT2D eigenvalue weighted by molar-refractivity contribution is 0.341. The summed E-state index contributed by atoms with van der Waals surface area (Å²) in [4.78, 5) is 9.86. The molecule has 4 nitrogen and oxygen atoms in total. The minimum absolute atomic E-state index is 0.236. The molecular weight excluding hydrogens is 741 g/mol. The predicted octanol–water partition coefficient (Wildman–Crippen LogP) is 16.0. The molecule has 6 aromatic carbocycles. The van der Waals surface area contributed by atoms with Gasteiger partial charge in [0.2, 0.25) is 0 Å². The lowest BCUT2D eigenvalue weighted by Crippen LogP contribution is -2.35. The molecule has 3 unspecified atom stereocenters. The van der Waals surface area contributed by atoms with E-state index in [9.17, 15) is 0 Å². The zero-order chi connectivity index (χ0) is 41.5. The Morgan fingerprint density at radius 3 is 1.61 bits per heavy atom. The first-order valence-corrected chi connectivity index (χ1v) is 22.3. The normalized spacial score (nSPS) is 18.5. The standard InChI is InChI=1S/C57H58N4/c1-43-16-13-25-55(40-43)59(46-19-7-4-8-20-46)52-34-28-49(29-35-52)58(50-30-36-53(37-31-50)60(47-21-9-5-10-22-47)56-26-14-17-44(2)41-56)51-32-38-54(39-33-51)61(48-23-11-6-12-24-48)57-27-15-18-45(3)42-57/h4-5,7-11,13,15-16,18-25,27-39,42,44,55-56H,6,12,14,17,26,40-41H2,1-3H3. The fourth-order valence-corrected chi connectivity index (χ4v) is 9.61. The van der Waals surface area contributed by atoms with Crippen LogP contribution >= 0.6 is 0 Å². The Morgan fingerprint density at radius 1 is 0.508 bits per heavy atom. The van der Waals surface area contributed by atoms with Gasteiger partial charge < -0.3 is 19.6 Å². The number of para-hydroxylation sites is 2. The van der Waals surface area contributed by atoms with Crippen molar-refractivity contribution in [2.75, 3.05) is 19.6 Å². The van der Waals surface area contributed by atoms with Crippen molar-refractivity contribution in [1.29, 1.82) is 0 Å². The van der Waals surface area contributed by atoms with Crippen LogP contribution in [0.4, 0.5) is 51.2 Å². The number of anilines is 9. The summed E-state index contributed by atoms with van der Waals surface area (Å²) in [7, 11) is 0. The van der Waals surface area contributed by atoms with Crippen LogP contribution < -0.4 is 19.6 Å². The molecule has 0 radical (unpaired) electrons. The van der Waals surface area contributed by atoms with Crippen LogP contribution in [0.5, 0.6) is 0 Å². The lowest BCUT2D eigenvalue weighted by atomic mass is 9.85. The van der Waals surface area contributed by atoms with Crippen LogP contribution in [0.1, 0.15) is 64.4 Å². The topological polar surface area (TPSA) is 13.0 Å². The Balaban J connectivity index is 1.11. The van der Waals surface area contributed by atoms with E-state index in [1.807, 2.05) is 0 Å². The largest absolute Gasteiger partial charge is 0.338 e.